The fourth-order valence-corrected chi connectivity index (χ4v) is 1.14. The number of thioether (sulfide) groups is 1. The Labute approximate surface area is 58.8 Å². The van der Waals surface area contributed by atoms with Gasteiger partial charge in [0.2, 0.25) is 0 Å². The molecule has 0 spiro atoms. The molecule has 1 unspecified atom stereocenters. The van der Waals surface area contributed by atoms with E-state index >= 15 is 0 Å². The molecule has 0 aromatic rings. The Kier molecular flexibility index (Phi) is 6.11. The Hall–Kier alpha value is 0.570. The van der Waals surface area contributed by atoms with Crippen molar-refractivity contribution in [2.24, 2.45) is 0 Å². The molecule has 50 valence electrons. The maximum atomic E-state index is 11.4. The molecule has 0 aliphatic carbocycles. The molecule has 0 fully saturated rings. The third kappa shape index (κ3) is 4.72. The van der Waals surface area contributed by atoms with Crippen molar-refractivity contribution < 1.29 is 4.39 Å². The number of halogens is 2. The molecule has 0 N–H and O–H groups in total. The summed E-state index contributed by atoms with van der Waals surface area (Å²) in [6, 6.07) is 0. The molecule has 0 heterocycles. The minimum absolute atomic E-state index is 0.244. The highest BCUT2D eigenvalue weighted by molar-refractivity contribution is 7.99. The molecule has 0 nitrogen and oxygen atoms in total. The quantitative estimate of drug-likeness (QED) is 0.563. The molecule has 0 saturated carbocycles. The molecule has 0 radical (unpaired) electrons. The van der Waals surface area contributed by atoms with Crippen molar-refractivity contribution in [3.8, 4) is 0 Å². The van der Waals surface area contributed by atoms with Gasteiger partial charge >= 0.3 is 0 Å². The van der Waals surface area contributed by atoms with Gasteiger partial charge in [0.25, 0.3) is 0 Å². The lowest BCUT2D eigenvalue weighted by Crippen LogP contribution is -1.98. The van der Waals surface area contributed by atoms with Crippen molar-refractivity contribution in [2.45, 2.75) is 12.2 Å². The van der Waals surface area contributed by atoms with Crippen LogP contribution in [0.1, 0.15) is 6.92 Å². The Morgan fingerprint density at radius 3 is 2.75 bits per heavy atom. The summed E-state index contributed by atoms with van der Waals surface area (Å²) in [6.07, 6.45) is 0. The zero-order valence-electron chi connectivity index (χ0n) is 4.86. The third-order valence-electron chi connectivity index (χ3n) is 0.697. The van der Waals surface area contributed by atoms with Crippen molar-refractivity contribution in [1.29, 1.82) is 0 Å². The molecule has 0 aliphatic rings. The molecule has 8 heavy (non-hydrogen) atoms. The lowest BCUT2D eigenvalue weighted by atomic mass is 10.6. The molecule has 0 rings (SSSR count). The van der Waals surface area contributed by atoms with Crippen LogP contribution in [0.2, 0.25) is 0 Å². The number of alkyl halides is 2. The topological polar surface area (TPSA) is 0 Å². The van der Waals surface area contributed by atoms with Gasteiger partial charge in [-0.15, -0.1) is 11.6 Å². The highest BCUT2D eigenvalue weighted by Gasteiger charge is 1.97. The molecule has 1 atom stereocenters. The summed E-state index contributed by atoms with van der Waals surface area (Å²) in [5, 5.41) is 0.396. The van der Waals surface area contributed by atoms with Gasteiger partial charge in [-0.3, -0.25) is 4.39 Å². The highest BCUT2D eigenvalue weighted by atomic mass is 35.5. The largest absolute Gasteiger partial charge is 0.250 e. The van der Waals surface area contributed by atoms with Crippen LogP contribution < -0.4 is 0 Å². The van der Waals surface area contributed by atoms with Crippen LogP contribution in [0.4, 0.5) is 4.39 Å². The van der Waals surface area contributed by atoms with E-state index in [9.17, 15) is 4.39 Å². The second-order valence-electron chi connectivity index (χ2n) is 1.52. The van der Waals surface area contributed by atoms with Gasteiger partial charge in [0.1, 0.15) is 0 Å². The number of hydrogen-bond acceptors (Lipinski definition) is 1. The first kappa shape index (κ1) is 8.57. The van der Waals surface area contributed by atoms with Crippen molar-refractivity contribution in [2.75, 3.05) is 18.3 Å². The van der Waals surface area contributed by atoms with E-state index < -0.39 is 0 Å². The maximum absolute atomic E-state index is 11.4. The van der Waals surface area contributed by atoms with E-state index in [-0.39, 0.29) is 6.67 Å². The van der Waals surface area contributed by atoms with Gasteiger partial charge in [-0.25, -0.2) is 0 Å². The predicted octanol–water partition coefficient (Wildman–Crippen LogP) is 2.32. The summed E-state index contributed by atoms with van der Waals surface area (Å²) in [5.74, 6) is 1.19. The minimum atomic E-state index is -0.244. The molecular formula is C5H10ClFS. The summed E-state index contributed by atoms with van der Waals surface area (Å²) < 4.78 is 11.4. The van der Waals surface area contributed by atoms with Crippen LogP contribution in [0, 0.1) is 0 Å². The van der Waals surface area contributed by atoms with Gasteiger partial charge in [-0.05, 0) is 0 Å². The van der Waals surface area contributed by atoms with Gasteiger partial charge in [0.05, 0.1) is 6.67 Å². The zero-order valence-corrected chi connectivity index (χ0v) is 6.44. The first-order valence-corrected chi connectivity index (χ1v) is 4.13. The first-order chi connectivity index (χ1) is 3.81. The second-order valence-corrected chi connectivity index (χ2v) is 3.38. The summed E-state index contributed by atoms with van der Waals surface area (Å²) in [4.78, 5) is 0. The highest BCUT2D eigenvalue weighted by Crippen LogP contribution is 2.10. The van der Waals surface area contributed by atoms with Crippen LogP contribution in [0.25, 0.3) is 0 Å². The summed E-state index contributed by atoms with van der Waals surface area (Å²) >= 11 is 7.01. The van der Waals surface area contributed by atoms with E-state index in [0.717, 1.165) is 0 Å². The minimum Gasteiger partial charge on any atom is -0.250 e. The zero-order chi connectivity index (χ0) is 6.41. The van der Waals surface area contributed by atoms with Crippen LogP contribution >= 0.6 is 23.4 Å². The van der Waals surface area contributed by atoms with Crippen molar-refractivity contribution >= 4 is 23.4 Å². The van der Waals surface area contributed by atoms with Crippen LogP contribution in [0.15, 0.2) is 0 Å². The smallest absolute Gasteiger partial charge is 0.0984 e. The van der Waals surface area contributed by atoms with Crippen LogP contribution in [0.3, 0.4) is 0 Å². The van der Waals surface area contributed by atoms with Gasteiger partial charge < -0.3 is 0 Å². The van der Waals surface area contributed by atoms with E-state index in [4.69, 9.17) is 11.6 Å². The SMILES string of the molecule is CC(CCl)SCCF. The molecule has 0 aliphatic heterocycles. The monoisotopic (exact) mass is 156 g/mol. The van der Waals surface area contributed by atoms with E-state index in [1.165, 1.54) is 0 Å². The molecule has 0 saturated heterocycles. The average Bonchev–Trinajstić information content (AvgIpc) is 1.83. The lowest BCUT2D eigenvalue weighted by molar-refractivity contribution is 0.532. The van der Waals surface area contributed by atoms with E-state index in [1.807, 2.05) is 6.92 Å². The normalized spacial score (nSPS) is 13.9. The molecule has 0 bridgehead atoms. The Balaban J connectivity index is 2.86. The fraction of sp³-hybridized carbons (Fsp3) is 1.00. The van der Waals surface area contributed by atoms with Gasteiger partial charge in [0, 0.05) is 16.9 Å². The molecule has 0 amide bonds. The van der Waals surface area contributed by atoms with Crippen LogP contribution in [-0.4, -0.2) is 23.6 Å². The molecular weight excluding hydrogens is 147 g/mol. The molecule has 0 aromatic heterocycles. The Bertz CT molecular complexity index is 51.7. The van der Waals surface area contributed by atoms with Crippen molar-refractivity contribution in [3.05, 3.63) is 0 Å². The number of hydrogen-bond donors (Lipinski definition) is 0. The third-order valence-corrected chi connectivity index (χ3v) is 2.47. The standard InChI is InChI=1S/C5H10ClFS/c1-5(4-6)8-3-2-7/h5H,2-4H2,1H3. The van der Waals surface area contributed by atoms with Crippen LogP contribution in [-0.2, 0) is 0 Å². The summed E-state index contributed by atoms with van der Waals surface area (Å²) in [5.41, 5.74) is 0. The van der Waals surface area contributed by atoms with E-state index in [1.54, 1.807) is 11.8 Å². The van der Waals surface area contributed by atoms with Crippen molar-refractivity contribution in [3.63, 3.8) is 0 Å². The second kappa shape index (κ2) is 5.70. The average molecular weight is 157 g/mol. The van der Waals surface area contributed by atoms with E-state index in [2.05, 4.69) is 0 Å². The summed E-state index contributed by atoms with van der Waals surface area (Å²) in [6.45, 7) is 1.75. The fourth-order valence-electron chi connectivity index (χ4n) is 0.290. The van der Waals surface area contributed by atoms with Gasteiger partial charge in [-0.1, -0.05) is 6.92 Å². The lowest BCUT2D eigenvalue weighted by Gasteiger charge is -2.02. The van der Waals surface area contributed by atoms with Crippen molar-refractivity contribution in [1.82, 2.24) is 0 Å². The number of rotatable bonds is 4. The molecule has 0 aromatic carbocycles. The Morgan fingerprint density at radius 1 is 1.75 bits per heavy atom. The van der Waals surface area contributed by atoms with E-state index in [0.29, 0.717) is 16.9 Å². The summed E-state index contributed by atoms with van der Waals surface area (Å²) in [7, 11) is 0. The van der Waals surface area contributed by atoms with Gasteiger partial charge in [0.15, 0.2) is 0 Å². The predicted molar refractivity (Wildman–Crippen MR) is 38.6 cm³/mol. The van der Waals surface area contributed by atoms with Crippen LogP contribution in [0.5, 0.6) is 0 Å². The molecule has 3 heteroatoms. The van der Waals surface area contributed by atoms with Gasteiger partial charge in [-0.2, -0.15) is 11.8 Å². The first-order valence-electron chi connectivity index (χ1n) is 2.54. The maximum Gasteiger partial charge on any atom is 0.0984 e. The Morgan fingerprint density at radius 2 is 2.38 bits per heavy atom.